The van der Waals surface area contributed by atoms with Crippen molar-refractivity contribution in [1.82, 2.24) is 9.97 Å². The summed E-state index contributed by atoms with van der Waals surface area (Å²) in [7, 11) is 0. The highest BCUT2D eigenvalue weighted by Gasteiger charge is 2.23. The first-order chi connectivity index (χ1) is 12.0. The number of hydrogen-bond donors (Lipinski definition) is 2. The van der Waals surface area contributed by atoms with Gasteiger partial charge in [0.25, 0.3) is 0 Å². The van der Waals surface area contributed by atoms with Gasteiger partial charge in [-0.3, -0.25) is 10.1 Å². The smallest absolute Gasteiger partial charge is 0.334 e. The van der Waals surface area contributed by atoms with Crippen molar-refractivity contribution in [3.63, 3.8) is 0 Å². The molecule has 0 bridgehead atoms. The number of nitrogens with one attached hydrogen (secondary N) is 2. The molecule has 126 valence electrons. The molecule has 0 spiro atoms. The maximum absolute atomic E-state index is 11.5. The highest BCUT2D eigenvalue weighted by molar-refractivity contribution is 6.42. The molecule has 0 aliphatic carbocycles. The molecule has 0 aliphatic rings. The first kappa shape index (κ1) is 16.9. The van der Waals surface area contributed by atoms with Gasteiger partial charge in [0.1, 0.15) is 6.33 Å². The molecule has 0 fully saturated rings. The van der Waals surface area contributed by atoms with Crippen molar-refractivity contribution in [2.24, 2.45) is 0 Å². The molecule has 0 saturated carbocycles. The number of rotatable bonds is 5. The Morgan fingerprint density at radius 2 is 1.52 bits per heavy atom. The van der Waals surface area contributed by atoms with Gasteiger partial charge in [-0.05, 0) is 30.3 Å². The van der Waals surface area contributed by atoms with Crippen molar-refractivity contribution in [2.45, 2.75) is 0 Å². The van der Waals surface area contributed by atoms with E-state index in [2.05, 4.69) is 20.6 Å². The third kappa shape index (κ3) is 3.96. The molecule has 0 aliphatic heterocycles. The van der Waals surface area contributed by atoms with E-state index in [1.165, 1.54) is 6.33 Å². The standard InChI is InChI=1S/C16H11Cl2N5O2/c17-12-7-6-11(8-13(12)18)22-16-14(23(24)25)15(19-9-20-16)21-10-4-2-1-3-5-10/h1-9H,(H2,19,20,21,22). The minimum Gasteiger partial charge on any atom is -0.334 e. The average Bonchev–Trinajstić information content (AvgIpc) is 2.59. The Hall–Kier alpha value is -2.90. The van der Waals surface area contributed by atoms with Crippen LogP contribution in [0.25, 0.3) is 0 Å². The molecule has 2 aromatic carbocycles. The minimum atomic E-state index is -0.550. The summed E-state index contributed by atoms with van der Waals surface area (Å²) >= 11 is 11.8. The van der Waals surface area contributed by atoms with E-state index >= 15 is 0 Å². The third-order valence-corrected chi connectivity index (χ3v) is 3.96. The predicted octanol–water partition coefficient (Wildman–Crippen LogP) is 5.18. The molecule has 1 aromatic heterocycles. The number of anilines is 4. The molecule has 1 heterocycles. The lowest BCUT2D eigenvalue weighted by Gasteiger charge is -2.10. The Bertz CT molecular complexity index is 922. The molecule has 3 rings (SSSR count). The van der Waals surface area contributed by atoms with E-state index in [1.807, 2.05) is 18.2 Å². The average molecular weight is 376 g/mol. The van der Waals surface area contributed by atoms with Crippen LogP contribution in [-0.4, -0.2) is 14.9 Å². The topological polar surface area (TPSA) is 93.0 Å². The number of nitro groups is 1. The number of nitrogens with zero attached hydrogens (tertiary/aromatic N) is 3. The molecule has 0 radical (unpaired) electrons. The van der Waals surface area contributed by atoms with Gasteiger partial charge in [0.2, 0.25) is 11.6 Å². The SMILES string of the molecule is O=[N+]([O-])c1c(Nc2ccccc2)ncnc1Nc1ccc(Cl)c(Cl)c1. The molecule has 2 N–H and O–H groups in total. The van der Waals surface area contributed by atoms with Crippen LogP contribution in [0.1, 0.15) is 0 Å². The zero-order chi connectivity index (χ0) is 17.8. The van der Waals surface area contributed by atoms with Crippen LogP contribution in [0.5, 0.6) is 0 Å². The zero-order valence-electron chi connectivity index (χ0n) is 12.6. The second-order valence-corrected chi connectivity index (χ2v) is 5.74. The van der Waals surface area contributed by atoms with Crippen molar-refractivity contribution < 1.29 is 4.92 Å². The van der Waals surface area contributed by atoms with Crippen LogP contribution < -0.4 is 10.6 Å². The monoisotopic (exact) mass is 375 g/mol. The minimum absolute atomic E-state index is 0.0387. The molecule has 9 heteroatoms. The van der Waals surface area contributed by atoms with Gasteiger partial charge >= 0.3 is 5.69 Å². The van der Waals surface area contributed by atoms with Gasteiger partial charge in [0, 0.05) is 11.4 Å². The highest BCUT2D eigenvalue weighted by Crippen LogP contribution is 2.34. The highest BCUT2D eigenvalue weighted by atomic mass is 35.5. The van der Waals surface area contributed by atoms with E-state index in [0.717, 1.165) is 0 Å². The summed E-state index contributed by atoms with van der Waals surface area (Å²) in [5, 5.41) is 18.0. The van der Waals surface area contributed by atoms with Crippen LogP contribution in [0.4, 0.5) is 28.7 Å². The molecule has 0 amide bonds. The quantitative estimate of drug-likeness (QED) is 0.471. The molecule has 25 heavy (non-hydrogen) atoms. The third-order valence-electron chi connectivity index (χ3n) is 3.22. The van der Waals surface area contributed by atoms with Crippen molar-refractivity contribution in [3.8, 4) is 0 Å². The van der Waals surface area contributed by atoms with Crippen molar-refractivity contribution in [2.75, 3.05) is 10.6 Å². The largest absolute Gasteiger partial charge is 0.353 e. The Kier molecular flexibility index (Phi) is 4.97. The summed E-state index contributed by atoms with van der Waals surface area (Å²) in [5.41, 5.74) is 0.907. The van der Waals surface area contributed by atoms with Crippen molar-refractivity contribution in [3.05, 3.63) is 75.0 Å². The zero-order valence-corrected chi connectivity index (χ0v) is 14.1. The number of hydrogen-bond acceptors (Lipinski definition) is 6. The van der Waals surface area contributed by atoms with E-state index < -0.39 is 4.92 Å². The summed E-state index contributed by atoms with van der Waals surface area (Å²) in [5.74, 6) is 0.116. The van der Waals surface area contributed by atoms with Gasteiger partial charge in [-0.1, -0.05) is 41.4 Å². The fraction of sp³-hybridized carbons (Fsp3) is 0. The molecular weight excluding hydrogens is 365 g/mol. The van der Waals surface area contributed by atoms with Crippen molar-refractivity contribution in [1.29, 1.82) is 0 Å². The van der Waals surface area contributed by atoms with E-state index in [0.29, 0.717) is 21.4 Å². The number of aromatic nitrogens is 2. The van der Waals surface area contributed by atoms with E-state index in [4.69, 9.17) is 23.2 Å². The summed E-state index contributed by atoms with van der Waals surface area (Å²) in [6, 6.07) is 13.8. The van der Waals surface area contributed by atoms with Gasteiger partial charge in [0.05, 0.1) is 15.0 Å². The van der Waals surface area contributed by atoms with Crippen LogP contribution in [0, 0.1) is 10.1 Å². The van der Waals surface area contributed by atoms with Crippen LogP contribution in [0.2, 0.25) is 10.0 Å². The van der Waals surface area contributed by atoms with Crippen LogP contribution in [0.3, 0.4) is 0 Å². The van der Waals surface area contributed by atoms with Gasteiger partial charge in [-0.25, -0.2) is 9.97 Å². The lowest BCUT2D eigenvalue weighted by atomic mass is 10.3. The van der Waals surface area contributed by atoms with E-state index in [1.54, 1.807) is 30.3 Å². The van der Waals surface area contributed by atoms with E-state index in [-0.39, 0.29) is 17.3 Å². The first-order valence-electron chi connectivity index (χ1n) is 7.08. The lowest BCUT2D eigenvalue weighted by Crippen LogP contribution is -2.05. The first-order valence-corrected chi connectivity index (χ1v) is 7.83. The summed E-state index contributed by atoms with van der Waals surface area (Å²) in [6.45, 7) is 0. The Morgan fingerprint density at radius 3 is 2.12 bits per heavy atom. The van der Waals surface area contributed by atoms with Crippen LogP contribution in [0.15, 0.2) is 54.9 Å². The predicted molar refractivity (Wildman–Crippen MR) is 98.2 cm³/mol. The Morgan fingerprint density at radius 1 is 0.880 bits per heavy atom. The molecule has 0 saturated heterocycles. The molecule has 7 nitrogen and oxygen atoms in total. The van der Waals surface area contributed by atoms with Gasteiger partial charge in [-0.15, -0.1) is 0 Å². The number of halogens is 2. The molecule has 3 aromatic rings. The Balaban J connectivity index is 1.97. The fourth-order valence-corrected chi connectivity index (χ4v) is 2.40. The molecule has 0 atom stereocenters. The molecule has 0 unspecified atom stereocenters. The van der Waals surface area contributed by atoms with Crippen LogP contribution in [-0.2, 0) is 0 Å². The van der Waals surface area contributed by atoms with Crippen LogP contribution >= 0.6 is 23.2 Å². The normalized spacial score (nSPS) is 10.3. The van der Waals surface area contributed by atoms with Gasteiger partial charge < -0.3 is 10.6 Å². The van der Waals surface area contributed by atoms with Gasteiger partial charge in [-0.2, -0.15) is 0 Å². The number of benzene rings is 2. The molecular formula is C16H11Cl2N5O2. The lowest BCUT2D eigenvalue weighted by molar-refractivity contribution is -0.383. The summed E-state index contributed by atoms with van der Waals surface area (Å²) in [4.78, 5) is 18.9. The fourth-order valence-electron chi connectivity index (χ4n) is 2.10. The van der Waals surface area contributed by atoms with Gasteiger partial charge in [0.15, 0.2) is 0 Å². The van der Waals surface area contributed by atoms with Crippen molar-refractivity contribution >= 4 is 51.9 Å². The Labute approximate surface area is 152 Å². The maximum atomic E-state index is 11.5. The summed E-state index contributed by atoms with van der Waals surface area (Å²) < 4.78 is 0. The second kappa shape index (κ2) is 7.33. The summed E-state index contributed by atoms with van der Waals surface area (Å²) in [6.07, 6.45) is 1.23. The van der Waals surface area contributed by atoms with E-state index in [9.17, 15) is 10.1 Å². The number of para-hydroxylation sites is 1. The second-order valence-electron chi connectivity index (χ2n) is 4.92. The maximum Gasteiger partial charge on any atom is 0.353 e.